The zero-order valence-corrected chi connectivity index (χ0v) is 13.7. The Labute approximate surface area is 149 Å². The monoisotopic (exact) mass is 349 g/mol. The van der Waals surface area contributed by atoms with Crippen LogP contribution in [-0.4, -0.2) is 28.3 Å². The molecule has 0 atom stereocenters. The SMILES string of the molecule is O=C1COc2ccc(C(=O)OCc3ccc(-n4cccn4)cc3)cc2N1. The number of ether oxygens (including phenoxy) is 2. The summed E-state index contributed by atoms with van der Waals surface area (Å²) in [4.78, 5) is 23.6. The summed E-state index contributed by atoms with van der Waals surface area (Å²) in [7, 11) is 0. The third-order valence-corrected chi connectivity index (χ3v) is 3.92. The first-order valence-corrected chi connectivity index (χ1v) is 8.02. The van der Waals surface area contributed by atoms with Gasteiger partial charge in [-0.1, -0.05) is 12.1 Å². The van der Waals surface area contributed by atoms with Gasteiger partial charge in [-0.15, -0.1) is 0 Å². The Morgan fingerprint density at radius 2 is 2.08 bits per heavy atom. The van der Waals surface area contributed by atoms with Crippen LogP contribution in [0.3, 0.4) is 0 Å². The van der Waals surface area contributed by atoms with Crippen molar-refractivity contribution in [2.45, 2.75) is 6.61 Å². The number of hydrogen-bond donors (Lipinski definition) is 1. The highest BCUT2D eigenvalue weighted by atomic mass is 16.5. The number of hydrogen-bond acceptors (Lipinski definition) is 5. The van der Waals surface area contributed by atoms with Gasteiger partial charge in [0.1, 0.15) is 12.4 Å². The van der Waals surface area contributed by atoms with Crippen LogP contribution >= 0.6 is 0 Å². The Balaban J connectivity index is 1.41. The standard InChI is InChI=1S/C19H15N3O4/c23-18-12-25-17-7-4-14(10-16(17)21-18)19(24)26-11-13-2-5-15(6-3-13)22-9-1-8-20-22/h1-10H,11-12H2,(H,21,23). The third kappa shape index (κ3) is 3.27. The Kier molecular flexibility index (Phi) is 4.10. The maximum absolute atomic E-state index is 12.2. The lowest BCUT2D eigenvalue weighted by Gasteiger charge is -2.18. The van der Waals surface area contributed by atoms with Crippen molar-refractivity contribution in [1.29, 1.82) is 0 Å². The molecule has 3 aromatic rings. The fourth-order valence-corrected chi connectivity index (χ4v) is 2.61. The number of fused-ring (bicyclic) bond motifs is 1. The van der Waals surface area contributed by atoms with Crippen LogP contribution in [0, 0.1) is 0 Å². The summed E-state index contributed by atoms with van der Waals surface area (Å²) in [6.45, 7) is 0.128. The summed E-state index contributed by atoms with van der Waals surface area (Å²) in [5.74, 6) is -0.181. The molecule has 0 aliphatic carbocycles. The lowest BCUT2D eigenvalue weighted by atomic mass is 10.1. The van der Waals surface area contributed by atoms with Crippen LogP contribution < -0.4 is 10.1 Å². The highest BCUT2D eigenvalue weighted by Gasteiger charge is 2.18. The van der Waals surface area contributed by atoms with Gasteiger partial charge in [0.05, 0.1) is 16.9 Å². The number of anilines is 1. The number of carbonyl (C=O) groups is 2. The molecule has 7 nitrogen and oxygen atoms in total. The first-order chi connectivity index (χ1) is 12.7. The Morgan fingerprint density at radius 3 is 2.85 bits per heavy atom. The highest BCUT2D eigenvalue weighted by Crippen LogP contribution is 2.28. The van der Waals surface area contributed by atoms with Gasteiger partial charge in [0.2, 0.25) is 0 Å². The third-order valence-electron chi connectivity index (χ3n) is 3.92. The van der Waals surface area contributed by atoms with E-state index in [2.05, 4.69) is 10.4 Å². The van der Waals surface area contributed by atoms with Gasteiger partial charge in [-0.05, 0) is 42.0 Å². The lowest BCUT2D eigenvalue weighted by Crippen LogP contribution is -2.25. The molecule has 4 rings (SSSR count). The van der Waals surface area contributed by atoms with Gasteiger partial charge in [0.25, 0.3) is 5.91 Å². The smallest absolute Gasteiger partial charge is 0.338 e. The van der Waals surface area contributed by atoms with Gasteiger partial charge in [0.15, 0.2) is 6.61 Å². The fourth-order valence-electron chi connectivity index (χ4n) is 2.61. The summed E-state index contributed by atoms with van der Waals surface area (Å²) in [6, 6.07) is 14.2. The number of carbonyl (C=O) groups excluding carboxylic acids is 2. The second kappa shape index (κ2) is 6.72. The van der Waals surface area contributed by atoms with Gasteiger partial charge in [0, 0.05) is 12.4 Å². The molecule has 0 saturated carbocycles. The number of aromatic nitrogens is 2. The summed E-state index contributed by atoms with van der Waals surface area (Å²) in [5, 5.41) is 6.83. The topological polar surface area (TPSA) is 82.5 Å². The van der Waals surface area contributed by atoms with Crippen LogP contribution in [0.4, 0.5) is 5.69 Å². The normalized spacial score (nSPS) is 12.7. The molecular formula is C19H15N3O4. The number of rotatable bonds is 4. The van der Waals surface area contributed by atoms with Crippen molar-refractivity contribution >= 4 is 17.6 Å². The molecule has 0 unspecified atom stereocenters. The summed E-state index contributed by atoms with van der Waals surface area (Å²) >= 11 is 0. The largest absolute Gasteiger partial charge is 0.482 e. The Morgan fingerprint density at radius 1 is 1.23 bits per heavy atom. The van der Waals surface area contributed by atoms with Crippen LogP contribution in [-0.2, 0) is 16.1 Å². The molecule has 0 fully saturated rings. The summed E-state index contributed by atoms with van der Waals surface area (Å²) in [5.41, 5.74) is 2.61. The molecule has 2 aromatic carbocycles. The number of amides is 1. The fraction of sp³-hybridized carbons (Fsp3) is 0.105. The molecule has 0 saturated heterocycles. The highest BCUT2D eigenvalue weighted by molar-refractivity contribution is 5.98. The Hall–Kier alpha value is -3.61. The number of esters is 1. The van der Waals surface area contributed by atoms with Crippen molar-refractivity contribution in [2.24, 2.45) is 0 Å². The second-order valence-corrected chi connectivity index (χ2v) is 5.74. The minimum Gasteiger partial charge on any atom is -0.482 e. The molecule has 1 amide bonds. The molecular weight excluding hydrogens is 334 g/mol. The van der Waals surface area contributed by atoms with E-state index in [0.717, 1.165) is 11.3 Å². The molecule has 1 aromatic heterocycles. The van der Waals surface area contributed by atoms with E-state index in [0.29, 0.717) is 17.0 Å². The van der Waals surface area contributed by atoms with Crippen molar-refractivity contribution in [3.8, 4) is 11.4 Å². The van der Waals surface area contributed by atoms with E-state index in [1.165, 1.54) is 0 Å². The number of benzene rings is 2. The molecule has 7 heteroatoms. The van der Waals surface area contributed by atoms with E-state index in [4.69, 9.17) is 9.47 Å². The molecule has 0 spiro atoms. The van der Waals surface area contributed by atoms with E-state index >= 15 is 0 Å². The first-order valence-electron chi connectivity index (χ1n) is 8.02. The molecule has 1 aliphatic heterocycles. The van der Waals surface area contributed by atoms with Crippen molar-refractivity contribution in [1.82, 2.24) is 9.78 Å². The second-order valence-electron chi connectivity index (χ2n) is 5.74. The van der Waals surface area contributed by atoms with Crippen molar-refractivity contribution < 1.29 is 19.1 Å². The van der Waals surface area contributed by atoms with E-state index < -0.39 is 5.97 Å². The maximum atomic E-state index is 12.2. The average molecular weight is 349 g/mol. The predicted octanol–water partition coefficient (Wildman–Crippen LogP) is 2.56. The van der Waals surface area contributed by atoms with Crippen LogP contribution in [0.2, 0.25) is 0 Å². The molecule has 2 heterocycles. The summed E-state index contributed by atoms with van der Waals surface area (Å²) < 4.78 is 12.4. The van der Waals surface area contributed by atoms with Crippen LogP contribution in [0.5, 0.6) is 5.75 Å². The predicted molar refractivity (Wildman–Crippen MR) is 93.3 cm³/mol. The minimum absolute atomic E-state index is 0.0225. The number of nitrogens with zero attached hydrogens (tertiary/aromatic N) is 2. The Bertz CT molecular complexity index is 949. The van der Waals surface area contributed by atoms with E-state index in [1.807, 2.05) is 36.5 Å². The lowest BCUT2D eigenvalue weighted by molar-refractivity contribution is -0.118. The van der Waals surface area contributed by atoms with Gasteiger partial charge in [-0.3, -0.25) is 4.79 Å². The molecule has 1 aliphatic rings. The minimum atomic E-state index is -0.469. The average Bonchev–Trinajstić information content (AvgIpc) is 3.20. The van der Waals surface area contributed by atoms with Crippen molar-refractivity contribution in [3.05, 3.63) is 72.1 Å². The van der Waals surface area contributed by atoms with E-state index in [-0.39, 0.29) is 19.1 Å². The summed E-state index contributed by atoms with van der Waals surface area (Å²) in [6.07, 6.45) is 3.56. The van der Waals surface area contributed by atoms with Gasteiger partial charge < -0.3 is 14.8 Å². The zero-order valence-electron chi connectivity index (χ0n) is 13.7. The quantitative estimate of drug-likeness (QED) is 0.732. The van der Waals surface area contributed by atoms with Crippen LogP contribution in [0.15, 0.2) is 60.9 Å². The first kappa shape index (κ1) is 15.9. The van der Waals surface area contributed by atoms with E-state index in [9.17, 15) is 9.59 Å². The van der Waals surface area contributed by atoms with Gasteiger partial charge >= 0.3 is 5.97 Å². The molecule has 0 bridgehead atoms. The van der Waals surface area contributed by atoms with Crippen molar-refractivity contribution in [2.75, 3.05) is 11.9 Å². The molecule has 26 heavy (non-hydrogen) atoms. The van der Waals surface area contributed by atoms with Gasteiger partial charge in [-0.25, -0.2) is 9.48 Å². The molecule has 1 N–H and O–H groups in total. The van der Waals surface area contributed by atoms with Crippen LogP contribution in [0.25, 0.3) is 5.69 Å². The number of nitrogens with one attached hydrogen (secondary N) is 1. The molecule has 130 valence electrons. The van der Waals surface area contributed by atoms with Crippen molar-refractivity contribution in [3.63, 3.8) is 0 Å². The van der Waals surface area contributed by atoms with Gasteiger partial charge in [-0.2, -0.15) is 5.10 Å². The zero-order chi connectivity index (χ0) is 17.9. The maximum Gasteiger partial charge on any atom is 0.338 e. The van der Waals surface area contributed by atoms with Crippen LogP contribution in [0.1, 0.15) is 15.9 Å². The molecule has 0 radical (unpaired) electrons. The van der Waals surface area contributed by atoms with E-state index in [1.54, 1.807) is 29.1 Å².